The van der Waals surface area contributed by atoms with Gasteiger partial charge in [0.25, 0.3) is 5.91 Å². The van der Waals surface area contributed by atoms with Gasteiger partial charge < -0.3 is 10.6 Å². The number of rotatable bonds is 4. The van der Waals surface area contributed by atoms with Crippen LogP contribution >= 0.6 is 0 Å². The molecule has 0 bridgehead atoms. The molecule has 1 aromatic carbocycles. The first kappa shape index (κ1) is 14.0. The number of hydrogen-bond donors (Lipinski definition) is 1. The lowest BCUT2D eigenvalue weighted by molar-refractivity contribution is 0.0748. The predicted octanol–water partition coefficient (Wildman–Crippen LogP) is 2.47. The Morgan fingerprint density at radius 2 is 2.00 bits per heavy atom. The summed E-state index contributed by atoms with van der Waals surface area (Å²) >= 11 is 0. The normalized spacial score (nSPS) is 10.3. The Bertz CT molecular complexity index is 601. The quantitative estimate of drug-likeness (QED) is 0.870. The SMILES string of the molecule is CCN(Cc1ccncc1)C(=O)c1cc(N)ccc1F. The Hall–Kier alpha value is -2.43. The van der Waals surface area contributed by atoms with E-state index in [-0.39, 0.29) is 11.5 Å². The predicted molar refractivity (Wildman–Crippen MR) is 75.5 cm³/mol. The van der Waals surface area contributed by atoms with Crippen LogP contribution in [0.1, 0.15) is 22.8 Å². The molecule has 1 aromatic heterocycles. The average molecular weight is 273 g/mol. The Morgan fingerprint density at radius 3 is 2.65 bits per heavy atom. The second-order valence-electron chi connectivity index (χ2n) is 4.41. The molecule has 4 nitrogen and oxygen atoms in total. The third-order valence-electron chi connectivity index (χ3n) is 3.01. The zero-order valence-corrected chi connectivity index (χ0v) is 11.2. The van der Waals surface area contributed by atoms with Gasteiger partial charge in [0, 0.05) is 31.2 Å². The van der Waals surface area contributed by atoms with Crippen molar-refractivity contribution < 1.29 is 9.18 Å². The summed E-state index contributed by atoms with van der Waals surface area (Å²) in [4.78, 5) is 17.9. The third kappa shape index (κ3) is 3.12. The van der Waals surface area contributed by atoms with Gasteiger partial charge in [-0.25, -0.2) is 4.39 Å². The molecule has 2 rings (SSSR count). The molecule has 1 heterocycles. The van der Waals surface area contributed by atoms with Crippen LogP contribution in [0.25, 0.3) is 0 Å². The average Bonchev–Trinajstić information content (AvgIpc) is 2.47. The highest BCUT2D eigenvalue weighted by Gasteiger charge is 2.18. The van der Waals surface area contributed by atoms with Crippen LogP contribution in [0.15, 0.2) is 42.7 Å². The molecule has 0 spiro atoms. The number of amides is 1. The van der Waals surface area contributed by atoms with Crippen LogP contribution < -0.4 is 5.73 Å². The monoisotopic (exact) mass is 273 g/mol. The molecule has 0 fully saturated rings. The topological polar surface area (TPSA) is 59.2 Å². The van der Waals surface area contributed by atoms with Gasteiger partial charge in [-0.15, -0.1) is 0 Å². The molecule has 2 N–H and O–H groups in total. The molecule has 1 amide bonds. The van der Waals surface area contributed by atoms with Gasteiger partial charge in [0.15, 0.2) is 0 Å². The number of nitrogens with zero attached hydrogens (tertiary/aromatic N) is 2. The number of carbonyl (C=O) groups excluding carboxylic acids is 1. The molecule has 20 heavy (non-hydrogen) atoms. The highest BCUT2D eigenvalue weighted by molar-refractivity contribution is 5.95. The number of aromatic nitrogens is 1. The minimum atomic E-state index is -0.558. The van der Waals surface area contributed by atoms with Crippen molar-refractivity contribution in [1.29, 1.82) is 0 Å². The van der Waals surface area contributed by atoms with Crippen LogP contribution in [-0.2, 0) is 6.54 Å². The lowest BCUT2D eigenvalue weighted by Gasteiger charge is -2.21. The van der Waals surface area contributed by atoms with E-state index in [2.05, 4.69) is 4.98 Å². The lowest BCUT2D eigenvalue weighted by Crippen LogP contribution is -2.31. The summed E-state index contributed by atoms with van der Waals surface area (Å²) in [6.07, 6.45) is 3.32. The third-order valence-corrected chi connectivity index (χ3v) is 3.01. The summed E-state index contributed by atoms with van der Waals surface area (Å²) in [7, 11) is 0. The van der Waals surface area contributed by atoms with Crippen LogP contribution in [0, 0.1) is 5.82 Å². The van der Waals surface area contributed by atoms with Crippen molar-refractivity contribution in [3.63, 3.8) is 0 Å². The van der Waals surface area contributed by atoms with E-state index in [1.54, 1.807) is 17.3 Å². The van der Waals surface area contributed by atoms with Gasteiger partial charge in [-0.3, -0.25) is 9.78 Å². The maximum atomic E-state index is 13.7. The number of nitrogen functional groups attached to an aromatic ring is 1. The van der Waals surface area contributed by atoms with Gasteiger partial charge >= 0.3 is 0 Å². The maximum Gasteiger partial charge on any atom is 0.257 e. The van der Waals surface area contributed by atoms with Crippen LogP contribution in [0.5, 0.6) is 0 Å². The Kier molecular flexibility index (Phi) is 4.30. The number of hydrogen-bond acceptors (Lipinski definition) is 3. The smallest absolute Gasteiger partial charge is 0.257 e. The molecule has 0 saturated heterocycles. The number of nitrogens with two attached hydrogens (primary N) is 1. The maximum absolute atomic E-state index is 13.7. The first-order valence-electron chi connectivity index (χ1n) is 6.35. The van der Waals surface area contributed by atoms with E-state index >= 15 is 0 Å². The number of anilines is 1. The number of benzene rings is 1. The van der Waals surface area contributed by atoms with Crippen molar-refractivity contribution in [3.05, 3.63) is 59.7 Å². The standard InChI is InChI=1S/C15H16FN3O/c1-2-19(10-11-5-7-18-8-6-11)15(20)13-9-12(17)3-4-14(13)16/h3-9H,2,10,17H2,1H3. The molecule has 104 valence electrons. The van der Waals surface area contributed by atoms with Gasteiger partial charge in [-0.1, -0.05) is 0 Å². The van der Waals surface area contributed by atoms with Crippen molar-refractivity contribution in [2.45, 2.75) is 13.5 Å². The summed E-state index contributed by atoms with van der Waals surface area (Å²) in [6.45, 7) is 2.74. The molecule has 0 aliphatic carbocycles. The first-order valence-corrected chi connectivity index (χ1v) is 6.35. The fourth-order valence-electron chi connectivity index (χ4n) is 1.91. The van der Waals surface area contributed by atoms with E-state index in [0.717, 1.165) is 5.56 Å². The second-order valence-corrected chi connectivity index (χ2v) is 4.41. The Morgan fingerprint density at radius 1 is 1.30 bits per heavy atom. The molecule has 2 aromatic rings. The van der Waals surface area contributed by atoms with E-state index < -0.39 is 5.82 Å². The van der Waals surface area contributed by atoms with Crippen LogP contribution in [0.3, 0.4) is 0 Å². The van der Waals surface area contributed by atoms with Crippen LogP contribution in [0.4, 0.5) is 10.1 Å². The lowest BCUT2D eigenvalue weighted by atomic mass is 10.1. The van der Waals surface area contributed by atoms with E-state index in [1.165, 1.54) is 18.2 Å². The largest absolute Gasteiger partial charge is 0.399 e. The molecular weight excluding hydrogens is 257 g/mol. The molecule has 0 atom stereocenters. The van der Waals surface area contributed by atoms with Crippen LogP contribution in [-0.4, -0.2) is 22.3 Å². The highest BCUT2D eigenvalue weighted by Crippen LogP contribution is 2.16. The van der Waals surface area contributed by atoms with E-state index in [9.17, 15) is 9.18 Å². The van der Waals surface area contributed by atoms with Crippen molar-refractivity contribution in [2.24, 2.45) is 0 Å². The summed E-state index contributed by atoms with van der Waals surface area (Å²) in [6, 6.07) is 7.66. The molecule has 0 unspecified atom stereocenters. The molecule has 5 heteroatoms. The van der Waals surface area contributed by atoms with Crippen molar-refractivity contribution in [2.75, 3.05) is 12.3 Å². The Balaban J connectivity index is 2.23. The number of halogens is 1. The summed E-state index contributed by atoms with van der Waals surface area (Å²) in [5, 5.41) is 0. The molecule has 0 radical (unpaired) electrons. The first-order chi connectivity index (χ1) is 9.61. The van der Waals surface area contributed by atoms with Crippen molar-refractivity contribution >= 4 is 11.6 Å². The van der Waals surface area contributed by atoms with Crippen molar-refractivity contribution in [1.82, 2.24) is 9.88 Å². The minimum absolute atomic E-state index is 0.000839. The van der Waals surface area contributed by atoms with E-state index in [4.69, 9.17) is 5.73 Å². The fourth-order valence-corrected chi connectivity index (χ4v) is 1.91. The number of carbonyl (C=O) groups is 1. The van der Waals surface area contributed by atoms with Gasteiger partial charge in [0.1, 0.15) is 5.82 Å². The molecule has 0 aliphatic heterocycles. The zero-order valence-electron chi connectivity index (χ0n) is 11.2. The summed E-state index contributed by atoms with van der Waals surface area (Å²) in [5.74, 6) is -0.925. The van der Waals surface area contributed by atoms with Gasteiger partial charge in [-0.05, 0) is 42.8 Å². The van der Waals surface area contributed by atoms with Crippen LogP contribution in [0.2, 0.25) is 0 Å². The molecule has 0 saturated carbocycles. The zero-order chi connectivity index (χ0) is 14.5. The Labute approximate surface area is 117 Å². The summed E-state index contributed by atoms with van der Waals surface area (Å²) < 4.78 is 13.7. The minimum Gasteiger partial charge on any atom is -0.399 e. The van der Waals surface area contributed by atoms with E-state index in [0.29, 0.717) is 18.8 Å². The fraction of sp³-hybridized carbons (Fsp3) is 0.200. The second kappa shape index (κ2) is 6.14. The molecule has 0 aliphatic rings. The molecular formula is C15H16FN3O. The van der Waals surface area contributed by atoms with Gasteiger partial charge in [-0.2, -0.15) is 0 Å². The number of pyridine rings is 1. The van der Waals surface area contributed by atoms with Crippen molar-refractivity contribution in [3.8, 4) is 0 Å². The summed E-state index contributed by atoms with van der Waals surface area (Å²) in [5.41, 5.74) is 6.93. The highest BCUT2D eigenvalue weighted by atomic mass is 19.1. The van der Waals surface area contributed by atoms with E-state index in [1.807, 2.05) is 19.1 Å². The van der Waals surface area contributed by atoms with Gasteiger partial charge in [0.2, 0.25) is 0 Å². The van der Waals surface area contributed by atoms with Gasteiger partial charge in [0.05, 0.1) is 5.56 Å².